The number of piperidine rings is 1. The summed E-state index contributed by atoms with van der Waals surface area (Å²) in [4.78, 5) is 25.2. The lowest BCUT2D eigenvalue weighted by Crippen LogP contribution is -2.41. The molecule has 3 rings (SSSR count). The summed E-state index contributed by atoms with van der Waals surface area (Å²) in [6.45, 7) is 9.49. The molecular formula is C28H40N2O2. The summed E-state index contributed by atoms with van der Waals surface area (Å²) in [5.74, 6) is 1.40. The summed E-state index contributed by atoms with van der Waals surface area (Å²) in [6.07, 6.45) is 15.8. The quantitative estimate of drug-likeness (QED) is 0.574. The number of carbonyl (C=O) groups is 2. The van der Waals surface area contributed by atoms with Crippen molar-refractivity contribution in [1.29, 1.82) is 0 Å². The number of carbonyl (C=O) groups excluding carboxylic acids is 2. The van der Waals surface area contributed by atoms with E-state index in [0.29, 0.717) is 24.3 Å². The molecule has 2 amide bonds. The van der Waals surface area contributed by atoms with E-state index in [1.807, 2.05) is 25.2 Å². The Morgan fingerprint density at radius 3 is 2.28 bits per heavy atom. The first-order chi connectivity index (χ1) is 15.5. The van der Waals surface area contributed by atoms with Gasteiger partial charge in [0.15, 0.2) is 0 Å². The zero-order chi connectivity index (χ0) is 23.2. The van der Waals surface area contributed by atoms with Crippen molar-refractivity contribution in [1.82, 2.24) is 10.2 Å². The average molecular weight is 437 g/mol. The number of hydrogen-bond donors (Lipinski definition) is 1. The first-order valence-electron chi connectivity index (χ1n) is 12.1. The Morgan fingerprint density at radius 2 is 1.72 bits per heavy atom. The molecule has 4 heteroatoms. The molecule has 0 spiro atoms. The molecule has 4 nitrogen and oxygen atoms in total. The van der Waals surface area contributed by atoms with Gasteiger partial charge >= 0.3 is 0 Å². The van der Waals surface area contributed by atoms with Crippen LogP contribution in [0.5, 0.6) is 0 Å². The Labute approximate surface area is 194 Å². The average Bonchev–Trinajstić information content (AvgIpc) is 2.84. The Hall–Kier alpha value is -2.62. The van der Waals surface area contributed by atoms with E-state index in [0.717, 1.165) is 44.3 Å². The van der Waals surface area contributed by atoms with E-state index in [1.165, 1.54) is 31.7 Å². The van der Waals surface area contributed by atoms with E-state index in [2.05, 4.69) is 47.1 Å². The van der Waals surface area contributed by atoms with Gasteiger partial charge in [-0.3, -0.25) is 9.59 Å². The molecule has 1 heterocycles. The predicted octanol–water partition coefficient (Wildman–Crippen LogP) is 5.78. The van der Waals surface area contributed by atoms with Crippen LogP contribution in [-0.2, 0) is 9.59 Å². The molecule has 0 unspecified atom stereocenters. The van der Waals surface area contributed by atoms with Crippen molar-refractivity contribution < 1.29 is 9.59 Å². The number of nitrogens with zero attached hydrogens (tertiary/aromatic N) is 1. The van der Waals surface area contributed by atoms with Gasteiger partial charge in [-0.25, -0.2) is 0 Å². The van der Waals surface area contributed by atoms with Crippen molar-refractivity contribution in [3.05, 3.63) is 72.4 Å². The van der Waals surface area contributed by atoms with Gasteiger partial charge in [-0.15, -0.1) is 0 Å². The highest BCUT2D eigenvalue weighted by atomic mass is 16.2. The molecular weight excluding hydrogens is 396 g/mol. The smallest absolute Gasteiger partial charge is 0.225 e. The minimum atomic E-state index is -0.0190. The van der Waals surface area contributed by atoms with E-state index in [9.17, 15) is 9.59 Å². The van der Waals surface area contributed by atoms with Crippen LogP contribution in [0, 0.1) is 5.92 Å². The topological polar surface area (TPSA) is 49.4 Å². The fourth-order valence-electron chi connectivity index (χ4n) is 4.53. The Kier molecular flexibility index (Phi) is 11.6. The highest BCUT2D eigenvalue weighted by Gasteiger charge is 2.29. The lowest BCUT2D eigenvalue weighted by atomic mass is 9.86. The number of rotatable bonds is 6. The molecule has 1 aromatic rings. The van der Waals surface area contributed by atoms with Crippen molar-refractivity contribution in [3.8, 4) is 0 Å². The predicted molar refractivity (Wildman–Crippen MR) is 133 cm³/mol. The molecule has 0 aromatic heterocycles. The van der Waals surface area contributed by atoms with E-state index >= 15 is 0 Å². The SMILES string of the molecule is C=C/C=C(\C=C/C)CNC(C)=O.O=C(C1CCCCC1)N1CCC(c2ccccc2)CC1. The molecule has 0 atom stereocenters. The second-order valence-corrected chi connectivity index (χ2v) is 8.73. The van der Waals surface area contributed by atoms with Crippen LogP contribution in [0.2, 0.25) is 0 Å². The van der Waals surface area contributed by atoms with Crippen LogP contribution in [0.15, 0.2) is 66.8 Å². The largest absolute Gasteiger partial charge is 0.352 e. The fraction of sp³-hybridized carbons (Fsp3) is 0.500. The van der Waals surface area contributed by atoms with Crippen molar-refractivity contribution in [2.75, 3.05) is 19.6 Å². The maximum atomic E-state index is 12.5. The molecule has 2 aliphatic rings. The first-order valence-corrected chi connectivity index (χ1v) is 12.1. The summed E-state index contributed by atoms with van der Waals surface area (Å²) in [6, 6.07) is 10.8. The van der Waals surface area contributed by atoms with E-state index in [1.54, 1.807) is 6.08 Å². The summed E-state index contributed by atoms with van der Waals surface area (Å²) in [5, 5.41) is 2.71. The highest BCUT2D eigenvalue weighted by molar-refractivity contribution is 5.79. The first kappa shape index (κ1) is 25.6. The summed E-state index contributed by atoms with van der Waals surface area (Å²) < 4.78 is 0. The number of allylic oxidation sites excluding steroid dienone is 3. The van der Waals surface area contributed by atoms with E-state index < -0.39 is 0 Å². The zero-order valence-electron chi connectivity index (χ0n) is 19.9. The molecule has 0 bridgehead atoms. The van der Waals surface area contributed by atoms with Gasteiger partial charge in [0, 0.05) is 32.5 Å². The van der Waals surface area contributed by atoms with E-state index in [4.69, 9.17) is 0 Å². The third kappa shape index (κ3) is 8.86. The fourth-order valence-corrected chi connectivity index (χ4v) is 4.53. The lowest BCUT2D eigenvalue weighted by Gasteiger charge is -2.35. The van der Waals surface area contributed by atoms with Crippen LogP contribution >= 0.6 is 0 Å². The standard InChI is InChI=1S/C18H25NO.C10H15NO/c20-18(17-9-5-2-6-10-17)19-13-11-16(12-14-19)15-7-3-1-4-8-15;1-4-6-10(7-5-2)8-11-9(3)12/h1,3-4,7-8,16-17H,2,5-6,9-14H2;4-7H,1,8H2,2-3H3,(H,11,12)/b;7-5-,10-6+. The number of likely N-dealkylation sites (tertiary alicyclic amines) is 1. The second kappa shape index (κ2) is 14.4. The third-order valence-corrected chi connectivity index (χ3v) is 6.29. The molecule has 174 valence electrons. The number of hydrogen-bond acceptors (Lipinski definition) is 2. The minimum Gasteiger partial charge on any atom is -0.352 e. The maximum Gasteiger partial charge on any atom is 0.225 e. The number of nitrogens with one attached hydrogen (secondary N) is 1. The Morgan fingerprint density at radius 1 is 1.06 bits per heavy atom. The summed E-state index contributed by atoms with van der Waals surface area (Å²) in [7, 11) is 0. The lowest BCUT2D eigenvalue weighted by molar-refractivity contribution is -0.137. The van der Waals surface area contributed by atoms with Gasteiger partial charge in [0.1, 0.15) is 0 Å². The number of benzene rings is 1. The third-order valence-electron chi connectivity index (χ3n) is 6.29. The molecule has 1 aliphatic carbocycles. The van der Waals surface area contributed by atoms with Crippen LogP contribution < -0.4 is 5.32 Å². The Balaban J connectivity index is 0.000000262. The van der Waals surface area contributed by atoms with Gasteiger partial charge in [0.05, 0.1) is 0 Å². The minimum absolute atomic E-state index is 0.0190. The normalized spacial score (nSPS) is 18.1. The molecule has 1 N–H and O–H groups in total. The molecule has 1 aliphatic heterocycles. The molecule has 32 heavy (non-hydrogen) atoms. The van der Waals surface area contributed by atoms with Gasteiger partial charge in [-0.2, -0.15) is 0 Å². The van der Waals surface area contributed by atoms with Crippen LogP contribution in [0.25, 0.3) is 0 Å². The molecule has 1 saturated heterocycles. The van der Waals surface area contributed by atoms with Crippen molar-refractivity contribution in [2.24, 2.45) is 5.92 Å². The van der Waals surface area contributed by atoms with Crippen LogP contribution in [0.3, 0.4) is 0 Å². The van der Waals surface area contributed by atoms with Gasteiger partial charge < -0.3 is 10.2 Å². The van der Waals surface area contributed by atoms with Gasteiger partial charge in [-0.05, 0) is 49.7 Å². The van der Waals surface area contributed by atoms with E-state index in [-0.39, 0.29) is 5.91 Å². The van der Waals surface area contributed by atoms with Crippen LogP contribution in [0.1, 0.15) is 70.3 Å². The Bertz CT molecular complexity index is 768. The number of amides is 2. The van der Waals surface area contributed by atoms with Crippen molar-refractivity contribution in [2.45, 2.75) is 64.7 Å². The van der Waals surface area contributed by atoms with Gasteiger partial charge in [-0.1, -0.05) is 80.5 Å². The van der Waals surface area contributed by atoms with Crippen LogP contribution in [-0.4, -0.2) is 36.3 Å². The highest BCUT2D eigenvalue weighted by Crippen LogP contribution is 2.31. The zero-order valence-corrected chi connectivity index (χ0v) is 19.9. The van der Waals surface area contributed by atoms with Crippen molar-refractivity contribution in [3.63, 3.8) is 0 Å². The van der Waals surface area contributed by atoms with Crippen molar-refractivity contribution >= 4 is 11.8 Å². The maximum absolute atomic E-state index is 12.5. The molecule has 0 radical (unpaired) electrons. The monoisotopic (exact) mass is 436 g/mol. The van der Waals surface area contributed by atoms with Crippen LogP contribution in [0.4, 0.5) is 0 Å². The van der Waals surface area contributed by atoms with Gasteiger partial charge in [0.2, 0.25) is 11.8 Å². The summed E-state index contributed by atoms with van der Waals surface area (Å²) >= 11 is 0. The molecule has 2 fully saturated rings. The molecule has 1 aromatic carbocycles. The summed E-state index contributed by atoms with van der Waals surface area (Å²) in [5.41, 5.74) is 2.49. The van der Waals surface area contributed by atoms with Gasteiger partial charge in [0.25, 0.3) is 0 Å². The second-order valence-electron chi connectivity index (χ2n) is 8.73. The molecule has 1 saturated carbocycles.